The van der Waals surface area contributed by atoms with Crippen LogP contribution in [0.5, 0.6) is 5.75 Å². The van der Waals surface area contributed by atoms with Crippen LogP contribution in [0.3, 0.4) is 0 Å². The van der Waals surface area contributed by atoms with E-state index < -0.39 is 0 Å². The zero-order valence-corrected chi connectivity index (χ0v) is 16.5. The Morgan fingerprint density at radius 2 is 1.79 bits per heavy atom. The van der Waals surface area contributed by atoms with Crippen molar-refractivity contribution >= 4 is 17.5 Å². The van der Waals surface area contributed by atoms with E-state index in [0.29, 0.717) is 43.9 Å². The smallest absolute Gasteiger partial charge is 0.253 e. The zero-order chi connectivity index (χ0) is 20.2. The maximum absolute atomic E-state index is 12.4. The second-order valence-corrected chi connectivity index (χ2v) is 6.25. The summed E-state index contributed by atoms with van der Waals surface area (Å²) < 4.78 is 10.4. The number of hydrogen-bond donors (Lipinski definition) is 2. The minimum absolute atomic E-state index is 0.132. The molecule has 0 aliphatic rings. The Bertz CT molecular complexity index is 759. The van der Waals surface area contributed by atoms with Gasteiger partial charge in [-0.1, -0.05) is 24.3 Å². The van der Waals surface area contributed by atoms with Crippen molar-refractivity contribution in [1.82, 2.24) is 5.32 Å². The summed E-state index contributed by atoms with van der Waals surface area (Å²) in [4.78, 5) is 24.7. The molecule has 0 saturated heterocycles. The Balaban J connectivity index is 1.86. The first-order valence-corrected chi connectivity index (χ1v) is 9.51. The van der Waals surface area contributed by atoms with E-state index in [9.17, 15) is 9.59 Å². The van der Waals surface area contributed by atoms with Crippen molar-refractivity contribution in [1.29, 1.82) is 0 Å². The van der Waals surface area contributed by atoms with Crippen LogP contribution >= 0.6 is 0 Å². The minimum atomic E-state index is -0.206. The second-order valence-electron chi connectivity index (χ2n) is 6.25. The average molecular weight is 384 g/mol. The number of benzene rings is 2. The van der Waals surface area contributed by atoms with Gasteiger partial charge in [-0.05, 0) is 49.6 Å². The lowest BCUT2D eigenvalue weighted by Crippen LogP contribution is -2.26. The van der Waals surface area contributed by atoms with Gasteiger partial charge in [-0.25, -0.2) is 0 Å². The van der Waals surface area contributed by atoms with E-state index in [-0.39, 0.29) is 11.8 Å². The van der Waals surface area contributed by atoms with Crippen LogP contribution in [0.1, 0.15) is 35.7 Å². The molecule has 0 aromatic heterocycles. The molecule has 0 bridgehead atoms. The highest BCUT2D eigenvalue weighted by Gasteiger charge is 2.12. The van der Waals surface area contributed by atoms with Crippen LogP contribution in [0.4, 0.5) is 5.69 Å². The number of ether oxygens (including phenoxy) is 2. The Kier molecular flexibility index (Phi) is 9.01. The van der Waals surface area contributed by atoms with Gasteiger partial charge in [0.05, 0.1) is 18.4 Å². The highest BCUT2D eigenvalue weighted by atomic mass is 16.5. The van der Waals surface area contributed by atoms with E-state index in [1.165, 1.54) is 0 Å². The summed E-state index contributed by atoms with van der Waals surface area (Å²) in [5.74, 6) is 0.448. The van der Waals surface area contributed by atoms with Gasteiger partial charge in [-0.2, -0.15) is 0 Å². The molecule has 2 aromatic rings. The number of rotatable bonds is 11. The van der Waals surface area contributed by atoms with E-state index in [1.54, 1.807) is 31.4 Å². The van der Waals surface area contributed by atoms with Crippen LogP contribution in [-0.4, -0.2) is 38.7 Å². The largest absolute Gasteiger partial charge is 0.497 e. The van der Waals surface area contributed by atoms with Gasteiger partial charge in [0.2, 0.25) is 5.91 Å². The molecular formula is C22H28N2O4. The first-order chi connectivity index (χ1) is 13.6. The van der Waals surface area contributed by atoms with Crippen LogP contribution in [-0.2, 0) is 16.0 Å². The van der Waals surface area contributed by atoms with E-state index in [0.717, 1.165) is 17.7 Å². The van der Waals surface area contributed by atoms with E-state index >= 15 is 0 Å². The standard InChI is InChI=1S/C22H28N2O4/c1-3-28-16-6-15-23-22(26)19-7-4-5-8-20(19)24-21(25)14-11-17-9-12-18(27-2)13-10-17/h4-5,7-10,12-13H,3,6,11,14-16H2,1-2H3,(H,23,26)(H,24,25). The third-order valence-electron chi connectivity index (χ3n) is 4.20. The van der Waals surface area contributed by atoms with Crippen molar-refractivity contribution < 1.29 is 19.1 Å². The Labute approximate surface area is 166 Å². The number of carbonyl (C=O) groups is 2. The molecule has 2 rings (SSSR count). The normalized spacial score (nSPS) is 10.4. The second kappa shape index (κ2) is 11.8. The van der Waals surface area contributed by atoms with Gasteiger partial charge in [-0.3, -0.25) is 9.59 Å². The molecule has 0 atom stereocenters. The summed E-state index contributed by atoms with van der Waals surface area (Å²) in [6, 6.07) is 14.6. The summed E-state index contributed by atoms with van der Waals surface area (Å²) in [5, 5.41) is 5.70. The maximum Gasteiger partial charge on any atom is 0.253 e. The van der Waals surface area contributed by atoms with Crippen molar-refractivity contribution in [3.05, 3.63) is 59.7 Å². The fourth-order valence-electron chi connectivity index (χ4n) is 2.67. The predicted octanol–water partition coefficient (Wildman–Crippen LogP) is 3.42. The minimum Gasteiger partial charge on any atom is -0.497 e. The molecular weight excluding hydrogens is 356 g/mol. The SMILES string of the molecule is CCOCCCNC(=O)c1ccccc1NC(=O)CCc1ccc(OC)cc1. The van der Waals surface area contributed by atoms with Crippen LogP contribution in [0.15, 0.2) is 48.5 Å². The molecule has 0 fully saturated rings. The van der Waals surface area contributed by atoms with Gasteiger partial charge in [-0.15, -0.1) is 0 Å². The topological polar surface area (TPSA) is 76.7 Å². The molecule has 0 aliphatic heterocycles. The van der Waals surface area contributed by atoms with Crippen molar-refractivity contribution in [2.45, 2.75) is 26.2 Å². The Morgan fingerprint density at radius 3 is 2.50 bits per heavy atom. The highest BCUT2D eigenvalue weighted by Crippen LogP contribution is 2.16. The number of methoxy groups -OCH3 is 1. The maximum atomic E-state index is 12.4. The molecule has 28 heavy (non-hydrogen) atoms. The first-order valence-electron chi connectivity index (χ1n) is 9.51. The molecule has 6 heteroatoms. The van der Waals surface area contributed by atoms with Crippen LogP contribution in [0.2, 0.25) is 0 Å². The van der Waals surface area contributed by atoms with Crippen molar-refractivity contribution in [3.63, 3.8) is 0 Å². The first kappa shape index (κ1) is 21.4. The third-order valence-corrected chi connectivity index (χ3v) is 4.20. The van der Waals surface area contributed by atoms with Gasteiger partial charge in [0.1, 0.15) is 5.75 Å². The quantitative estimate of drug-likeness (QED) is 0.582. The number of anilines is 1. The van der Waals surface area contributed by atoms with E-state index in [1.807, 2.05) is 31.2 Å². The van der Waals surface area contributed by atoms with Crippen molar-refractivity contribution in [3.8, 4) is 5.75 Å². The molecule has 0 aliphatic carbocycles. The lowest BCUT2D eigenvalue weighted by atomic mass is 10.1. The predicted molar refractivity (Wildman–Crippen MR) is 110 cm³/mol. The van der Waals surface area contributed by atoms with E-state index in [4.69, 9.17) is 9.47 Å². The summed E-state index contributed by atoms with van der Waals surface area (Å²) in [7, 11) is 1.62. The van der Waals surface area contributed by atoms with Gasteiger partial charge in [0, 0.05) is 26.2 Å². The van der Waals surface area contributed by atoms with E-state index in [2.05, 4.69) is 10.6 Å². The fourth-order valence-corrected chi connectivity index (χ4v) is 2.67. The molecule has 0 spiro atoms. The van der Waals surface area contributed by atoms with Gasteiger partial charge in [0.25, 0.3) is 5.91 Å². The molecule has 0 unspecified atom stereocenters. The lowest BCUT2D eigenvalue weighted by Gasteiger charge is -2.12. The number of para-hydroxylation sites is 1. The highest BCUT2D eigenvalue weighted by molar-refractivity contribution is 6.03. The molecule has 2 amide bonds. The monoisotopic (exact) mass is 384 g/mol. The molecule has 0 saturated carbocycles. The van der Waals surface area contributed by atoms with Crippen molar-refractivity contribution in [2.24, 2.45) is 0 Å². The fraction of sp³-hybridized carbons (Fsp3) is 0.364. The van der Waals surface area contributed by atoms with Crippen LogP contribution in [0, 0.1) is 0 Å². The Morgan fingerprint density at radius 1 is 1.04 bits per heavy atom. The average Bonchev–Trinajstić information content (AvgIpc) is 2.72. The molecule has 2 N–H and O–H groups in total. The third kappa shape index (κ3) is 7.04. The summed E-state index contributed by atoms with van der Waals surface area (Å²) in [6.07, 6.45) is 1.69. The van der Waals surface area contributed by atoms with Gasteiger partial charge < -0.3 is 20.1 Å². The number of carbonyl (C=O) groups excluding carboxylic acids is 2. The van der Waals surface area contributed by atoms with Gasteiger partial charge in [0.15, 0.2) is 0 Å². The van der Waals surface area contributed by atoms with Gasteiger partial charge >= 0.3 is 0 Å². The Hall–Kier alpha value is -2.86. The molecule has 6 nitrogen and oxygen atoms in total. The van der Waals surface area contributed by atoms with Crippen LogP contribution < -0.4 is 15.4 Å². The number of aryl methyl sites for hydroxylation is 1. The molecule has 2 aromatic carbocycles. The van der Waals surface area contributed by atoms with Crippen LogP contribution in [0.25, 0.3) is 0 Å². The molecule has 0 heterocycles. The molecule has 150 valence electrons. The lowest BCUT2D eigenvalue weighted by molar-refractivity contribution is -0.116. The summed E-state index contributed by atoms with van der Waals surface area (Å²) in [5.41, 5.74) is 2.03. The molecule has 0 radical (unpaired) electrons. The van der Waals surface area contributed by atoms with Crippen molar-refractivity contribution in [2.75, 3.05) is 32.2 Å². The number of nitrogens with one attached hydrogen (secondary N) is 2. The number of amides is 2. The zero-order valence-electron chi connectivity index (χ0n) is 16.5. The summed E-state index contributed by atoms with van der Waals surface area (Å²) in [6.45, 7) is 3.74. The summed E-state index contributed by atoms with van der Waals surface area (Å²) >= 11 is 0. The number of hydrogen-bond acceptors (Lipinski definition) is 4.